The van der Waals surface area contributed by atoms with Crippen LogP contribution in [-0.4, -0.2) is 35.2 Å². The Kier molecular flexibility index (Phi) is 3.23. The summed E-state index contributed by atoms with van der Waals surface area (Å²) in [7, 11) is 1.41. The van der Waals surface area contributed by atoms with Crippen LogP contribution in [0.3, 0.4) is 0 Å². The number of oxime groups is 1. The molecule has 21 heavy (non-hydrogen) atoms. The molecule has 1 fully saturated rings. The Bertz CT molecular complexity index is 628. The van der Waals surface area contributed by atoms with E-state index in [-0.39, 0.29) is 11.8 Å². The molecule has 7 nitrogen and oxygen atoms in total. The molecule has 1 aliphatic heterocycles. The maximum Gasteiger partial charge on any atom is 0.281 e. The molecule has 1 amide bonds. The quantitative estimate of drug-likeness (QED) is 0.817. The Morgan fingerprint density at radius 3 is 2.81 bits per heavy atom. The lowest BCUT2D eigenvalue weighted by Crippen LogP contribution is -2.59. The van der Waals surface area contributed by atoms with E-state index in [2.05, 4.69) is 15.7 Å². The summed E-state index contributed by atoms with van der Waals surface area (Å²) in [6, 6.07) is 9.07. The van der Waals surface area contributed by atoms with Crippen LogP contribution >= 0.6 is 0 Å². The molecule has 1 saturated carbocycles. The van der Waals surface area contributed by atoms with Crippen molar-refractivity contribution in [3.05, 3.63) is 30.3 Å². The lowest BCUT2D eigenvalue weighted by Gasteiger charge is -2.23. The van der Waals surface area contributed by atoms with Crippen molar-refractivity contribution >= 4 is 23.0 Å². The van der Waals surface area contributed by atoms with Gasteiger partial charge in [-0.2, -0.15) is 15.6 Å². The zero-order chi connectivity index (χ0) is 15.0. The van der Waals surface area contributed by atoms with Gasteiger partial charge in [-0.05, 0) is 18.6 Å². The molecule has 1 heterocycles. The summed E-state index contributed by atoms with van der Waals surface area (Å²) in [5.74, 6) is -0.400. The molecule has 1 aromatic carbocycles. The van der Waals surface area contributed by atoms with Gasteiger partial charge in [-0.25, -0.2) is 0 Å². The van der Waals surface area contributed by atoms with E-state index in [0.717, 1.165) is 0 Å². The number of nitrogens with zero attached hydrogens (tertiary/aromatic N) is 3. The molecule has 2 N–H and O–H groups in total. The molecule has 0 saturated heterocycles. The minimum Gasteiger partial charge on any atom is -0.399 e. The topological polar surface area (TPSA) is 86.5 Å². The molecule has 3 rings (SSSR count). The number of hydrogen-bond donors (Lipinski definition) is 2. The number of carbonyl (C=O) groups is 1. The molecular formula is C14H16N4O3. The zero-order valence-electron chi connectivity index (χ0n) is 11.8. The number of hydrazone groups is 1. The first-order chi connectivity index (χ1) is 10.1. The van der Waals surface area contributed by atoms with Gasteiger partial charge in [0.25, 0.3) is 5.91 Å². The van der Waals surface area contributed by atoms with E-state index in [0.29, 0.717) is 23.5 Å². The van der Waals surface area contributed by atoms with Gasteiger partial charge in [0.05, 0.1) is 17.1 Å². The monoisotopic (exact) mass is 288 g/mol. The number of para-hydroxylation sites is 1. The second-order valence-corrected chi connectivity index (χ2v) is 5.13. The maximum absolute atomic E-state index is 12.8. The average Bonchev–Trinajstić information content (AvgIpc) is 2.95. The number of rotatable bonds is 3. The minimum absolute atomic E-state index is 0.0174. The first kappa shape index (κ1) is 13.7. The van der Waals surface area contributed by atoms with E-state index >= 15 is 0 Å². The summed E-state index contributed by atoms with van der Waals surface area (Å²) in [5.41, 5.74) is 2.33. The predicted molar refractivity (Wildman–Crippen MR) is 77.2 cm³/mol. The van der Waals surface area contributed by atoms with Crippen LogP contribution < -0.4 is 10.5 Å². The molecule has 1 aliphatic carbocycles. The SMILES string of the molecule is CO/N=C1\CC(C)C2=NN(c3ccccc3)C(=O)C21NO. The van der Waals surface area contributed by atoms with Gasteiger partial charge < -0.3 is 10.0 Å². The van der Waals surface area contributed by atoms with Crippen LogP contribution in [0.25, 0.3) is 0 Å². The van der Waals surface area contributed by atoms with E-state index in [9.17, 15) is 10.0 Å². The lowest BCUT2D eigenvalue weighted by molar-refractivity contribution is -0.122. The van der Waals surface area contributed by atoms with E-state index in [4.69, 9.17) is 4.84 Å². The molecule has 0 spiro atoms. The Balaban J connectivity index is 2.10. The van der Waals surface area contributed by atoms with Crippen LogP contribution in [0, 0.1) is 5.92 Å². The molecule has 0 radical (unpaired) electrons. The standard InChI is InChI=1S/C14H16N4O3/c1-9-8-11(16-21-2)14(17-20)12(9)15-18(13(14)19)10-6-4-3-5-7-10/h3-7,9,17,20H,8H2,1-2H3/b16-11+. The number of anilines is 1. The second kappa shape index (κ2) is 4.94. The Morgan fingerprint density at radius 2 is 2.19 bits per heavy atom. The normalized spacial score (nSPS) is 29.8. The highest BCUT2D eigenvalue weighted by atomic mass is 16.6. The highest BCUT2D eigenvalue weighted by molar-refractivity contribution is 6.41. The minimum atomic E-state index is -1.41. The molecule has 2 atom stereocenters. The van der Waals surface area contributed by atoms with Gasteiger partial charge in [0, 0.05) is 5.92 Å². The maximum atomic E-state index is 12.8. The van der Waals surface area contributed by atoms with Gasteiger partial charge in [0.2, 0.25) is 5.54 Å². The van der Waals surface area contributed by atoms with Crippen molar-refractivity contribution < 1.29 is 14.8 Å². The molecule has 7 heteroatoms. The number of fused-ring (bicyclic) bond motifs is 1. The zero-order valence-corrected chi connectivity index (χ0v) is 11.8. The van der Waals surface area contributed by atoms with Crippen LogP contribution in [0.2, 0.25) is 0 Å². The van der Waals surface area contributed by atoms with Crippen LogP contribution in [0.5, 0.6) is 0 Å². The van der Waals surface area contributed by atoms with Gasteiger partial charge in [-0.1, -0.05) is 30.3 Å². The fourth-order valence-corrected chi connectivity index (χ4v) is 2.91. The highest BCUT2D eigenvalue weighted by Crippen LogP contribution is 2.38. The van der Waals surface area contributed by atoms with Crippen LogP contribution in [-0.2, 0) is 9.63 Å². The molecule has 0 aromatic heterocycles. The Morgan fingerprint density at radius 1 is 1.48 bits per heavy atom. The van der Waals surface area contributed by atoms with Crippen molar-refractivity contribution in [1.82, 2.24) is 5.48 Å². The fraction of sp³-hybridized carbons (Fsp3) is 0.357. The molecule has 110 valence electrons. The summed E-state index contributed by atoms with van der Waals surface area (Å²) in [6.45, 7) is 1.94. The predicted octanol–water partition coefficient (Wildman–Crippen LogP) is 1.15. The average molecular weight is 288 g/mol. The van der Waals surface area contributed by atoms with Crippen molar-refractivity contribution in [2.75, 3.05) is 12.1 Å². The van der Waals surface area contributed by atoms with Crippen LogP contribution in [0.4, 0.5) is 5.69 Å². The summed E-state index contributed by atoms with van der Waals surface area (Å²) < 4.78 is 0. The third-order valence-electron chi connectivity index (χ3n) is 3.87. The van der Waals surface area contributed by atoms with Crippen molar-refractivity contribution in [3.63, 3.8) is 0 Å². The lowest BCUT2D eigenvalue weighted by atomic mass is 9.93. The summed E-state index contributed by atoms with van der Waals surface area (Å²) in [4.78, 5) is 17.6. The highest BCUT2D eigenvalue weighted by Gasteiger charge is 2.61. The second-order valence-electron chi connectivity index (χ2n) is 5.13. The van der Waals surface area contributed by atoms with Gasteiger partial charge in [0.15, 0.2) is 0 Å². The number of nitrogens with one attached hydrogen (secondary N) is 1. The van der Waals surface area contributed by atoms with Crippen molar-refractivity contribution in [2.24, 2.45) is 16.2 Å². The fourth-order valence-electron chi connectivity index (χ4n) is 2.91. The van der Waals surface area contributed by atoms with Crippen LogP contribution in [0.15, 0.2) is 40.6 Å². The van der Waals surface area contributed by atoms with Crippen molar-refractivity contribution in [2.45, 2.75) is 18.9 Å². The largest absolute Gasteiger partial charge is 0.399 e. The summed E-state index contributed by atoms with van der Waals surface area (Å²) in [6.07, 6.45) is 0.509. The third-order valence-corrected chi connectivity index (χ3v) is 3.87. The molecule has 0 bridgehead atoms. The molecular weight excluding hydrogens is 272 g/mol. The van der Waals surface area contributed by atoms with E-state index < -0.39 is 5.54 Å². The number of hydroxylamine groups is 1. The van der Waals surface area contributed by atoms with Gasteiger partial charge in [-0.3, -0.25) is 4.79 Å². The van der Waals surface area contributed by atoms with E-state index in [1.165, 1.54) is 12.1 Å². The van der Waals surface area contributed by atoms with Crippen molar-refractivity contribution in [3.8, 4) is 0 Å². The van der Waals surface area contributed by atoms with Crippen LogP contribution in [0.1, 0.15) is 13.3 Å². The van der Waals surface area contributed by atoms with Gasteiger partial charge in [-0.15, -0.1) is 0 Å². The number of amides is 1. The van der Waals surface area contributed by atoms with E-state index in [1.807, 2.05) is 25.1 Å². The Hall–Kier alpha value is -2.25. The van der Waals surface area contributed by atoms with Gasteiger partial charge >= 0.3 is 0 Å². The Labute approximate surface area is 121 Å². The smallest absolute Gasteiger partial charge is 0.281 e. The first-order valence-corrected chi connectivity index (χ1v) is 6.65. The van der Waals surface area contributed by atoms with Gasteiger partial charge in [0.1, 0.15) is 7.11 Å². The number of hydrogen-bond acceptors (Lipinski definition) is 6. The third kappa shape index (κ3) is 1.78. The van der Waals surface area contributed by atoms with E-state index in [1.54, 1.807) is 12.1 Å². The number of carbonyl (C=O) groups excluding carboxylic acids is 1. The number of benzene rings is 1. The van der Waals surface area contributed by atoms with Crippen molar-refractivity contribution in [1.29, 1.82) is 0 Å². The summed E-state index contributed by atoms with van der Waals surface area (Å²) >= 11 is 0. The molecule has 2 aliphatic rings. The first-order valence-electron chi connectivity index (χ1n) is 6.65. The molecule has 1 aromatic rings. The summed E-state index contributed by atoms with van der Waals surface area (Å²) in [5, 5.41) is 19.3. The molecule has 2 unspecified atom stereocenters.